The van der Waals surface area contributed by atoms with Gasteiger partial charge in [-0.25, -0.2) is 0 Å². The van der Waals surface area contributed by atoms with E-state index in [-0.39, 0.29) is 18.5 Å². The molecule has 2 aliphatic heterocycles. The number of nitrogens with zero attached hydrogens (tertiary/aromatic N) is 2. The van der Waals surface area contributed by atoms with Gasteiger partial charge >= 0.3 is 5.97 Å². The molecule has 136 valence electrons. The zero-order valence-electron chi connectivity index (χ0n) is 14.3. The number of hydrogen-bond acceptors (Lipinski definition) is 4. The number of carbonyl (C=O) groups is 2. The Kier molecular flexibility index (Phi) is 5.49. The molecule has 1 saturated heterocycles. The standard InChI is InChI=1S/C18H23ClN2O4/c1-20(11-17(22)23)14-3-2-7-21(8-6-14)18(24)16-10-12-9-13(19)4-5-15(12)25-16/h4-5,9,14,16H,2-3,6-8,10-11H2,1H3,(H,22,23). The van der Waals surface area contributed by atoms with E-state index in [1.807, 2.05) is 29.0 Å². The summed E-state index contributed by atoms with van der Waals surface area (Å²) in [4.78, 5) is 27.4. The minimum Gasteiger partial charge on any atom is -0.480 e. The molecular formula is C18H23ClN2O4. The van der Waals surface area contributed by atoms with Crippen LogP contribution in [0.4, 0.5) is 0 Å². The van der Waals surface area contributed by atoms with E-state index in [1.54, 1.807) is 6.07 Å². The molecule has 1 amide bonds. The van der Waals surface area contributed by atoms with Crippen molar-refractivity contribution in [3.8, 4) is 5.75 Å². The molecule has 0 bridgehead atoms. The molecule has 0 aromatic heterocycles. The number of hydrogen-bond donors (Lipinski definition) is 1. The second-order valence-corrected chi connectivity index (χ2v) is 7.22. The number of amides is 1. The molecule has 2 heterocycles. The Labute approximate surface area is 152 Å². The van der Waals surface area contributed by atoms with Crippen LogP contribution in [0.15, 0.2) is 18.2 Å². The van der Waals surface area contributed by atoms with Gasteiger partial charge in [0.2, 0.25) is 0 Å². The fraction of sp³-hybridized carbons (Fsp3) is 0.556. The van der Waals surface area contributed by atoms with Crippen molar-refractivity contribution in [2.75, 3.05) is 26.7 Å². The van der Waals surface area contributed by atoms with Gasteiger partial charge < -0.3 is 14.7 Å². The number of rotatable bonds is 4. The first kappa shape index (κ1) is 18.0. The lowest BCUT2D eigenvalue weighted by molar-refractivity contribution is -0.139. The lowest BCUT2D eigenvalue weighted by atomic mass is 10.1. The van der Waals surface area contributed by atoms with Gasteiger partial charge in [0.05, 0.1) is 6.54 Å². The van der Waals surface area contributed by atoms with Crippen LogP contribution in [0.25, 0.3) is 0 Å². The summed E-state index contributed by atoms with van der Waals surface area (Å²) < 4.78 is 5.81. The van der Waals surface area contributed by atoms with Crippen molar-refractivity contribution >= 4 is 23.5 Å². The number of carbonyl (C=O) groups excluding carboxylic acids is 1. The Morgan fingerprint density at radius 2 is 2.16 bits per heavy atom. The van der Waals surface area contributed by atoms with Crippen LogP contribution in [0, 0.1) is 0 Å². The van der Waals surface area contributed by atoms with E-state index in [0.717, 1.165) is 30.6 Å². The van der Waals surface area contributed by atoms with Crippen LogP contribution < -0.4 is 4.74 Å². The first-order valence-electron chi connectivity index (χ1n) is 8.60. The largest absolute Gasteiger partial charge is 0.480 e. The Morgan fingerprint density at radius 1 is 1.36 bits per heavy atom. The van der Waals surface area contributed by atoms with E-state index in [4.69, 9.17) is 21.4 Å². The number of halogens is 1. The summed E-state index contributed by atoms with van der Waals surface area (Å²) in [6, 6.07) is 5.62. The average molecular weight is 367 g/mol. The smallest absolute Gasteiger partial charge is 0.317 e. The summed E-state index contributed by atoms with van der Waals surface area (Å²) in [5, 5.41) is 9.59. The Balaban J connectivity index is 1.58. The maximum Gasteiger partial charge on any atom is 0.317 e. The summed E-state index contributed by atoms with van der Waals surface area (Å²) >= 11 is 6.01. The van der Waals surface area contributed by atoms with Crippen LogP contribution in [-0.2, 0) is 16.0 Å². The predicted octanol–water partition coefficient (Wildman–Crippen LogP) is 2.04. The monoisotopic (exact) mass is 366 g/mol. The molecule has 25 heavy (non-hydrogen) atoms. The van der Waals surface area contributed by atoms with E-state index in [1.165, 1.54) is 0 Å². The first-order chi connectivity index (χ1) is 11.9. The maximum absolute atomic E-state index is 12.8. The first-order valence-corrected chi connectivity index (χ1v) is 8.97. The summed E-state index contributed by atoms with van der Waals surface area (Å²) in [5.74, 6) is -0.0824. The molecule has 0 aliphatic carbocycles. The zero-order chi connectivity index (χ0) is 18.0. The molecule has 3 rings (SSSR count). The van der Waals surface area contributed by atoms with E-state index in [0.29, 0.717) is 24.5 Å². The maximum atomic E-state index is 12.8. The van der Waals surface area contributed by atoms with Crippen molar-refractivity contribution < 1.29 is 19.4 Å². The van der Waals surface area contributed by atoms with Gasteiger partial charge in [-0.15, -0.1) is 0 Å². The SMILES string of the molecule is CN(CC(=O)O)C1CCCN(C(=O)C2Cc3cc(Cl)ccc3O2)CC1. The summed E-state index contributed by atoms with van der Waals surface area (Å²) in [6.07, 6.45) is 2.61. The van der Waals surface area contributed by atoms with Gasteiger partial charge in [0, 0.05) is 30.6 Å². The second kappa shape index (κ2) is 7.62. The highest BCUT2D eigenvalue weighted by atomic mass is 35.5. The zero-order valence-corrected chi connectivity index (χ0v) is 15.0. The van der Waals surface area contributed by atoms with Gasteiger partial charge in [-0.05, 0) is 50.1 Å². The Morgan fingerprint density at radius 3 is 2.92 bits per heavy atom. The number of carboxylic acids is 1. The Bertz CT molecular complexity index is 666. The van der Waals surface area contributed by atoms with Crippen molar-refractivity contribution in [2.24, 2.45) is 0 Å². The molecule has 0 spiro atoms. The summed E-state index contributed by atoms with van der Waals surface area (Å²) in [5.41, 5.74) is 0.972. The third kappa shape index (κ3) is 4.25. The number of fused-ring (bicyclic) bond motifs is 1. The van der Waals surface area contributed by atoms with Crippen molar-refractivity contribution in [3.63, 3.8) is 0 Å². The molecule has 1 aromatic carbocycles. The molecule has 1 fully saturated rings. The minimum absolute atomic E-state index is 0.00820. The van der Waals surface area contributed by atoms with Crippen LogP contribution in [0.2, 0.25) is 5.02 Å². The van der Waals surface area contributed by atoms with E-state index < -0.39 is 12.1 Å². The average Bonchev–Trinajstić information content (AvgIpc) is 2.81. The third-order valence-corrected chi connectivity index (χ3v) is 5.22. The van der Waals surface area contributed by atoms with Crippen LogP contribution in [0.3, 0.4) is 0 Å². The summed E-state index contributed by atoms with van der Waals surface area (Å²) in [6.45, 7) is 1.35. The van der Waals surface area contributed by atoms with Crippen molar-refractivity contribution in [3.05, 3.63) is 28.8 Å². The molecule has 2 unspecified atom stereocenters. The summed E-state index contributed by atoms with van der Waals surface area (Å²) in [7, 11) is 1.83. The molecule has 0 radical (unpaired) electrons. The molecule has 2 atom stereocenters. The number of likely N-dealkylation sites (tertiary alicyclic amines) is 1. The minimum atomic E-state index is -0.824. The number of benzene rings is 1. The van der Waals surface area contributed by atoms with Gasteiger partial charge in [0.1, 0.15) is 5.75 Å². The van der Waals surface area contributed by atoms with E-state index in [2.05, 4.69) is 0 Å². The Hall–Kier alpha value is -1.79. The van der Waals surface area contributed by atoms with Crippen LogP contribution in [-0.4, -0.2) is 65.6 Å². The van der Waals surface area contributed by atoms with E-state index in [9.17, 15) is 9.59 Å². The highest BCUT2D eigenvalue weighted by Crippen LogP contribution is 2.32. The van der Waals surface area contributed by atoms with Crippen LogP contribution in [0.5, 0.6) is 5.75 Å². The second-order valence-electron chi connectivity index (χ2n) is 6.78. The third-order valence-electron chi connectivity index (χ3n) is 4.99. The van der Waals surface area contributed by atoms with Crippen LogP contribution in [0.1, 0.15) is 24.8 Å². The van der Waals surface area contributed by atoms with Gasteiger partial charge in [-0.3, -0.25) is 14.5 Å². The highest BCUT2D eigenvalue weighted by Gasteiger charge is 2.33. The number of carboxylic acid groups (broad SMARTS) is 1. The molecule has 6 nitrogen and oxygen atoms in total. The van der Waals surface area contributed by atoms with Crippen molar-refractivity contribution in [1.29, 1.82) is 0 Å². The van der Waals surface area contributed by atoms with E-state index >= 15 is 0 Å². The van der Waals surface area contributed by atoms with Gasteiger partial charge in [-0.1, -0.05) is 11.6 Å². The lowest BCUT2D eigenvalue weighted by Gasteiger charge is -2.26. The van der Waals surface area contributed by atoms with Gasteiger partial charge in [-0.2, -0.15) is 0 Å². The van der Waals surface area contributed by atoms with Gasteiger partial charge in [0.25, 0.3) is 5.91 Å². The molecule has 1 N–H and O–H groups in total. The topological polar surface area (TPSA) is 70.1 Å². The quantitative estimate of drug-likeness (QED) is 0.883. The van der Waals surface area contributed by atoms with Crippen molar-refractivity contribution in [2.45, 2.75) is 37.8 Å². The predicted molar refractivity (Wildman–Crippen MR) is 94.1 cm³/mol. The molecule has 7 heteroatoms. The molecular weight excluding hydrogens is 344 g/mol. The van der Waals surface area contributed by atoms with Crippen LogP contribution >= 0.6 is 11.6 Å². The number of ether oxygens (including phenoxy) is 1. The molecule has 0 saturated carbocycles. The molecule has 1 aromatic rings. The lowest BCUT2D eigenvalue weighted by Crippen LogP contribution is -2.42. The fourth-order valence-electron chi connectivity index (χ4n) is 3.64. The number of aliphatic carboxylic acids is 1. The van der Waals surface area contributed by atoms with Crippen molar-refractivity contribution in [1.82, 2.24) is 9.80 Å². The highest BCUT2D eigenvalue weighted by molar-refractivity contribution is 6.30. The number of likely N-dealkylation sites (N-methyl/N-ethyl adjacent to an activating group) is 1. The fourth-order valence-corrected chi connectivity index (χ4v) is 3.84. The molecule has 2 aliphatic rings. The normalized spacial score (nSPS) is 23.1. The van der Waals surface area contributed by atoms with Gasteiger partial charge in [0.15, 0.2) is 6.10 Å².